The molecule has 2 aromatic heterocycles. The lowest BCUT2D eigenvalue weighted by Gasteiger charge is -2.02. The van der Waals surface area contributed by atoms with Crippen molar-refractivity contribution >= 4 is 22.7 Å². The van der Waals surface area contributed by atoms with Gasteiger partial charge in [0.2, 0.25) is 0 Å². The zero-order valence-corrected chi connectivity index (χ0v) is 21.5. The third-order valence-corrected chi connectivity index (χ3v) is 6.70. The van der Waals surface area contributed by atoms with Crippen LogP contribution in [0.2, 0.25) is 0 Å². The predicted octanol–water partition coefficient (Wildman–Crippen LogP) is 8.45. The Morgan fingerprint density at radius 1 is 0.800 bits per heavy atom. The maximum absolute atomic E-state index is 5.65. The molecule has 0 bridgehead atoms. The Morgan fingerprint density at radius 3 is 2.29 bits per heavy atom. The van der Waals surface area contributed by atoms with Crippen LogP contribution in [0.5, 0.6) is 11.5 Å². The predicted molar refractivity (Wildman–Crippen MR) is 148 cm³/mol. The Hall–Kier alpha value is -3.21. The van der Waals surface area contributed by atoms with E-state index in [4.69, 9.17) is 14.5 Å². The van der Waals surface area contributed by atoms with Gasteiger partial charge in [0.15, 0.2) is 0 Å². The molecule has 3 heterocycles. The Morgan fingerprint density at radius 2 is 1.54 bits per heavy atom. The molecule has 0 aliphatic carbocycles. The van der Waals surface area contributed by atoms with Crippen LogP contribution >= 0.6 is 0 Å². The summed E-state index contributed by atoms with van der Waals surface area (Å²) in [4.78, 5) is 11.8. The normalized spacial score (nSPS) is 14.3. The highest BCUT2D eigenvalue weighted by Gasteiger charge is 2.13. The number of unbranched alkanes of at least 4 members (excludes halogenated alkanes) is 8. The molecule has 0 unspecified atom stereocenters. The summed E-state index contributed by atoms with van der Waals surface area (Å²) in [5.41, 5.74) is 6.11. The van der Waals surface area contributed by atoms with Gasteiger partial charge in [0, 0.05) is 22.7 Å². The van der Waals surface area contributed by atoms with Crippen LogP contribution < -0.4 is 9.47 Å². The molecule has 2 N–H and O–H groups in total. The maximum atomic E-state index is 5.65. The molecule has 1 aromatic carbocycles. The summed E-state index contributed by atoms with van der Waals surface area (Å²) in [7, 11) is 3.39. The number of aliphatic imine (C=N–C) groups is 1. The number of nitrogens with one attached hydrogen (secondary N) is 2. The van der Waals surface area contributed by atoms with Gasteiger partial charge in [-0.3, -0.25) is 4.99 Å². The summed E-state index contributed by atoms with van der Waals surface area (Å²) in [6.45, 7) is 2.27. The van der Waals surface area contributed by atoms with E-state index in [0.717, 1.165) is 51.6 Å². The fourth-order valence-corrected chi connectivity index (χ4v) is 4.66. The van der Waals surface area contributed by atoms with E-state index in [1.54, 1.807) is 14.2 Å². The smallest absolute Gasteiger partial charge is 0.144 e. The Kier molecular flexibility index (Phi) is 8.88. The SMILES string of the molecule is CCCCCCCCCCCC1=N/C(=C/c2[nH]c(-c3cc4cc(OC)ccc4[nH]3)cc2OC)C=C1. The summed E-state index contributed by atoms with van der Waals surface area (Å²) < 4.78 is 11.0. The second kappa shape index (κ2) is 12.5. The highest BCUT2D eigenvalue weighted by molar-refractivity contribution is 5.99. The van der Waals surface area contributed by atoms with Crippen molar-refractivity contribution in [2.24, 2.45) is 4.99 Å². The van der Waals surface area contributed by atoms with E-state index in [-0.39, 0.29) is 0 Å². The number of H-pyrrole nitrogens is 2. The summed E-state index contributed by atoms with van der Waals surface area (Å²) in [6, 6.07) is 10.2. The fraction of sp³-hybridized carbons (Fsp3) is 0.433. The number of benzene rings is 1. The molecule has 186 valence electrons. The molecule has 0 fully saturated rings. The van der Waals surface area contributed by atoms with Crippen LogP contribution in [-0.2, 0) is 0 Å². The lowest BCUT2D eigenvalue weighted by Crippen LogP contribution is -1.90. The molecule has 1 aliphatic rings. The third-order valence-electron chi connectivity index (χ3n) is 6.70. The van der Waals surface area contributed by atoms with E-state index in [1.807, 2.05) is 24.3 Å². The topological polar surface area (TPSA) is 62.4 Å². The van der Waals surface area contributed by atoms with Crippen LogP contribution in [0.3, 0.4) is 0 Å². The number of aromatic amines is 2. The first-order valence-electron chi connectivity index (χ1n) is 13.1. The van der Waals surface area contributed by atoms with E-state index >= 15 is 0 Å². The summed E-state index contributed by atoms with van der Waals surface area (Å²) in [5.74, 6) is 1.65. The first kappa shape index (κ1) is 24.9. The average molecular weight is 474 g/mol. The van der Waals surface area contributed by atoms with Gasteiger partial charge in [-0.05, 0) is 55.3 Å². The van der Waals surface area contributed by atoms with Crippen LogP contribution in [0.15, 0.2) is 53.2 Å². The first-order valence-corrected chi connectivity index (χ1v) is 13.1. The largest absolute Gasteiger partial charge is 0.497 e. The molecule has 1 aliphatic heterocycles. The van der Waals surface area contributed by atoms with E-state index < -0.39 is 0 Å². The minimum Gasteiger partial charge on any atom is -0.497 e. The second-order valence-corrected chi connectivity index (χ2v) is 9.39. The number of hydrogen-bond donors (Lipinski definition) is 2. The number of nitrogens with zero attached hydrogens (tertiary/aromatic N) is 1. The van der Waals surface area contributed by atoms with E-state index in [1.165, 1.54) is 63.5 Å². The molecule has 3 aromatic rings. The number of hydrogen-bond acceptors (Lipinski definition) is 3. The van der Waals surface area contributed by atoms with Crippen molar-refractivity contribution < 1.29 is 9.47 Å². The van der Waals surface area contributed by atoms with E-state index in [2.05, 4.69) is 41.2 Å². The van der Waals surface area contributed by atoms with Crippen LogP contribution in [0.1, 0.15) is 76.8 Å². The van der Waals surface area contributed by atoms with Gasteiger partial charge in [-0.1, -0.05) is 58.3 Å². The summed E-state index contributed by atoms with van der Waals surface area (Å²) in [6.07, 6.45) is 19.5. The summed E-state index contributed by atoms with van der Waals surface area (Å²) >= 11 is 0. The van der Waals surface area contributed by atoms with Crippen LogP contribution in [0.4, 0.5) is 0 Å². The van der Waals surface area contributed by atoms with Crippen molar-refractivity contribution in [3.8, 4) is 22.9 Å². The van der Waals surface area contributed by atoms with Crippen molar-refractivity contribution in [3.63, 3.8) is 0 Å². The van der Waals surface area contributed by atoms with Crippen molar-refractivity contribution in [1.82, 2.24) is 9.97 Å². The van der Waals surface area contributed by atoms with Crippen molar-refractivity contribution in [2.75, 3.05) is 14.2 Å². The lowest BCUT2D eigenvalue weighted by atomic mass is 10.1. The van der Waals surface area contributed by atoms with Gasteiger partial charge in [-0.2, -0.15) is 0 Å². The number of allylic oxidation sites excluding steroid dienone is 2. The molecular formula is C30H39N3O2. The summed E-state index contributed by atoms with van der Waals surface area (Å²) in [5, 5.41) is 1.11. The quantitative estimate of drug-likeness (QED) is 0.231. The molecule has 0 spiro atoms. The van der Waals surface area contributed by atoms with E-state index in [0.29, 0.717) is 0 Å². The number of fused-ring (bicyclic) bond motifs is 1. The molecule has 4 rings (SSSR count). The number of methoxy groups -OCH3 is 2. The second-order valence-electron chi connectivity index (χ2n) is 9.39. The van der Waals surface area contributed by atoms with Crippen molar-refractivity contribution in [3.05, 3.63) is 53.9 Å². The number of rotatable bonds is 14. The van der Waals surface area contributed by atoms with E-state index in [9.17, 15) is 0 Å². The molecule has 0 amide bonds. The van der Waals surface area contributed by atoms with Gasteiger partial charge in [-0.25, -0.2) is 0 Å². The molecule has 0 atom stereocenters. The minimum atomic E-state index is 0.805. The van der Waals surface area contributed by atoms with Crippen molar-refractivity contribution in [2.45, 2.75) is 71.1 Å². The number of ether oxygens (including phenoxy) is 2. The fourth-order valence-electron chi connectivity index (χ4n) is 4.66. The Bertz CT molecular complexity index is 1200. The highest BCUT2D eigenvalue weighted by atomic mass is 16.5. The van der Waals surface area contributed by atoms with Crippen molar-refractivity contribution in [1.29, 1.82) is 0 Å². The molecule has 35 heavy (non-hydrogen) atoms. The zero-order valence-electron chi connectivity index (χ0n) is 21.5. The average Bonchev–Trinajstić information content (AvgIpc) is 3.60. The van der Waals surface area contributed by atoms with Crippen LogP contribution in [-0.4, -0.2) is 29.9 Å². The molecule has 5 heteroatoms. The van der Waals surface area contributed by atoms with Crippen LogP contribution in [0, 0.1) is 0 Å². The van der Waals surface area contributed by atoms with Gasteiger partial charge in [0.1, 0.15) is 11.5 Å². The molecule has 5 nitrogen and oxygen atoms in total. The highest BCUT2D eigenvalue weighted by Crippen LogP contribution is 2.32. The molecule has 0 radical (unpaired) electrons. The lowest BCUT2D eigenvalue weighted by molar-refractivity contribution is 0.414. The minimum absolute atomic E-state index is 0.805. The number of aromatic nitrogens is 2. The standard InChI is InChI=1S/C30H39N3O2/c1-4-5-6-7-8-9-10-11-12-13-23-14-15-24(31-23)20-29-30(35-3)21-28(33-29)27-19-22-18-25(34-2)16-17-26(22)32-27/h14-21,32-33H,4-13H2,1-3H3/b24-20+. The molecular weight excluding hydrogens is 434 g/mol. The zero-order chi connectivity index (χ0) is 24.5. The van der Waals surface area contributed by atoms with Gasteiger partial charge in [0.25, 0.3) is 0 Å². The first-order chi connectivity index (χ1) is 17.2. The Balaban J connectivity index is 1.34. The molecule has 0 saturated heterocycles. The van der Waals surface area contributed by atoms with Gasteiger partial charge < -0.3 is 19.4 Å². The van der Waals surface area contributed by atoms with Gasteiger partial charge in [-0.15, -0.1) is 0 Å². The molecule has 0 saturated carbocycles. The van der Waals surface area contributed by atoms with Crippen LogP contribution in [0.25, 0.3) is 28.4 Å². The maximum Gasteiger partial charge on any atom is 0.144 e. The monoisotopic (exact) mass is 473 g/mol. The third kappa shape index (κ3) is 6.68. The Labute approximate surface area is 209 Å². The van der Waals surface area contributed by atoms with Gasteiger partial charge in [0.05, 0.1) is 37.0 Å². The van der Waals surface area contributed by atoms with Gasteiger partial charge >= 0.3 is 0 Å².